The largest absolute Gasteiger partial charge is 0.369 e. The Bertz CT molecular complexity index is 349. The van der Waals surface area contributed by atoms with Crippen molar-refractivity contribution in [3.05, 3.63) is 22.7 Å². The van der Waals surface area contributed by atoms with Crippen LogP contribution in [0.4, 0.5) is 0 Å². The number of nitrogens with two attached hydrogens (primary N) is 1. The molecule has 0 aliphatic carbocycles. The molecule has 5 nitrogen and oxygen atoms in total. The van der Waals surface area contributed by atoms with Crippen molar-refractivity contribution in [1.82, 2.24) is 14.9 Å². The number of hydrogen-bond acceptors (Lipinski definition) is 4. The Morgan fingerprint density at radius 3 is 2.80 bits per heavy atom. The lowest BCUT2D eigenvalue weighted by Crippen LogP contribution is -2.30. The standard InChI is InChI=1S/C9H13ClN4O/c1-6-3-7(10)13-9(12-6)5-14(2)4-8(11)15/h3H,4-5H2,1-2H3,(H2,11,15). The molecule has 1 rings (SSSR count). The smallest absolute Gasteiger partial charge is 0.231 e. The molecule has 0 atom stereocenters. The number of hydrogen-bond donors (Lipinski definition) is 1. The lowest BCUT2D eigenvalue weighted by atomic mass is 10.4. The third-order valence-corrected chi connectivity index (χ3v) is 1.90. The molecule has 15 heavy (non-hydrogen) atoms. The molecule has 0 aromatic carbocycles. The molecule has 1 heterocycles. The van der Waals surface area contributed by atoms with Crippen LogP contribution < -0.4 is 5.73 Å². The summed E-state index contributed by atoms with van der Waals surface area (Å²) in [5.74, 6) is 0.208. The molecule has 6 heteroatoms. The van der Waals surface area contributed by atoms with Crippen LogP contribution in [-0.2, 0) is 11.3 Å². The molecule has 0 fully saturated rings. The number of primary amides is 1. The molecule has 0 bridgehead atoms. The van der Waals surface area contributed by atoms with E-state index in [0.717, 1.165) is 5.69 Å². The summed E-state index contributed by atoms with van der Waals surface area (Å²) in [4.78, 5) is 20.6. The van der Waals surface area contributed by atoms with Crippen LogP contribution in [0.25, 0.3) is 0 Å². The third-order valence-electron chi connectivity index (χ3n) is 1.71. The average Bonchev–Trinajstić information content (AvgIpc) is 1.98. The molecule has 1 amide bonds. The zero-order valence-electron chi connectivity index (χ0n) is 8.70. The molecule has 0 radical (unpaired) electrons. The van der Waals surface area contributed by atoms with Gasteiger partial charge in [0.25, 0.3) is 0 Å². The molecule has 0 saturated heterocycles. The second-order valence-electron chi connectivity index (χ2n) is 3.39. The van der Waals surface area contributed by atoms with E-state index in [2.05, 4.69) is 9.97 Å². The minimum absolute atomic E-state index is 0.176. The average molecular weight is 229 g/mol. The minimum atomic E-state index is -0.378. The summed E-state index contributed by atoms with van der Waals surface area (Å²) in [6.07, 6.45) is 0. The second kappa shape index (κ2) is 5.04. The van der Waals surface area contributed by atoms with Crippen LogP contribution in [0.1, 0.15) is 11.5 Å². The van der Waals surface area contributed by atoms with Gasteiger partial charge in [0, 0.05) is 5.69 Å². The van der Waals surface area contributed by atoms with Crippen LogP contribution in [0.5, 0.6) is 0 Å². The van der Waals surface area contributed by atoms with Gasteiger partial charge in [-0.2, -0.15) is 0 Å². The van der Waals surface area contributed by atoms with Gasteiger partial charge in [-0.25, -0.2) is 9.97 Å². The predicted octanol–water partition coefficient (Wildman–Crippen LogP) is 0.356. The minimum Gasteiger partial charge on any atom is -0.369 e. The van der Waals surface area contributed by atoms with Crippen LogP contribution in [0.3, 0.4) is 0 Å². The summed E-state index contributed by atoms with van der Waals surface area (Å²) < 4.78 is 0. The number of rotatable bonds is 4. The van der Waals surface area contributed by atoms with E-state index in [4.69, 9.17) is 17.3 Å². The van der Waals surface area contributed by atoms with Gasteiger partial charge in [0.05, 0.1) is 13.1 Å². The van der Waals surface area contributed by atoms with Crippen molar-refractivity contribution in [3.8, 4) is 0 Å². The first-order valence-electron chi connectivity index (χ1n) is 4.44. The van der Waals surface area contributed by atoms with Crippen LogP contribution in [0.15, 0.2) is 6.07 Å². The zero-order chi connectivity index (χ0) is 11.4. The molecule has 0 spiro atoms. The van der Waals surface area contributed by atoms with Crippen LogP contribution in [-0.4, -0.2) is 34.4 Å². The van der Waals surface area contributed by atoms with E-state index in [9.17, 15) is 4.79 Å². The maximum absolute atomic E-state index is 10.6. The van der Waals surface area contributed by atoms with E-state index in [-0.39, 0.29) is 12.5 Å². The SMILES string of the molecule is Cc1cc(Cl)nc(CN(C)CC(N)=O)n1. The highest BCUT2D eigenvalue weighted by Gasteiger charge is 2.06. The van der Waals surface area contributed by atoms with Crippen LogP contribution in [0, 0.1) is 6.92 Å². The highest BCUT2D eigenvalue weighted by atomic mass is 35.5. The number of carbonyl (C=O) groups excluding carboxylic acids is 1. The molecule has 2 N–H and O–H groups in total. The van der Waals surface area contributed by atoms with Gasteiger partial charge in [0.1, 0.15) is 11.0 Å². The fourth-order valence-electron chi connectivity index (χ4n) is 1.22. The Labute approximate surface area is 93.3 Å². The van der Waals surface area contributed by atoms with Gasteiger partial charge in [0.15, 0.2) is 0 Å². The predicted molar refractivity (Wildman–Crippen MR) is 57.3 cm³/mol. The molecule has 1 aromatic rings. The van der Waals surface area contributed by atoms with Gasteiger partial charge in [0.2, 0.25) is 5.91 Å². The number of nitrogens with zero attached hydrogens (tertiary/aromatic N) is 3. The topological polar surface area (TPSA) is 72.1 Å². The van der Waals surface area contributed by atoms with Crippen LogP contribution >= 0.6 is 11.6 Å². The first-order chi connectivity index (χ1) is 6.97. The van der Waals surface area contributed by atoms with Crippen molar-refractivity contribution in [1.29, 1.82) is 0 Å². The Hall–Kier alpha value is -1.20. The Balaban J connectivity index is 2.67. The van der Waals surface area contributed by atoms with Gasteiger partial charge in [-0.05, 0) is 20.0 Å². The van der Waals surface area contributed by atoms with Crippen molar-refractivity contribution in [2.24, 2.45) is 5.73 Å². The molecule has 0 unspecified atom stereocenters. The molecule has 0 aliphatic rings. The molecule has 1 aromatic heterocycles. The summed E-state index contributed by atoms with van der Waals surface area (Å²) in [7, 11) is 1.77. The van der Waals surface area contributed by atoms with Crippen molar-refractivity contribution in [3.63, 3.8) is 0 Å². The quantitative estimate of drug-likeness (QED) is 0.756. The number of halogens is 1. The van der Waals surface area contributed by atoms with Gasteiger partial charge in [-0.3, -0.25) is 9.69 Å². The first-order valence-corrected chi connectivity index (χ1v) is 4.82. The number of likely N-dealkylation sites (N-methyl/N-ethyl adjacent to an activating group) is 1. The molecular formula is C9H13ClN4O. The molecular weight excluding hydrogens is 216 g/mol. The van der Waals surface area contributed by atoms with E-state index < -0.39 is 0 Å². The highest BCUT2D eigenvalue weighted by Crippen LogP contribution is 2.07. The lowest BCUT2D eigenvalue weighted by molar-refractivity contribution is -0.118. The van der Waals surface area contributed by atoms with E-state index in [1.54, 1.807) is 18.0 Å². The first kappa shape index (κ1) is 11.9. The van der Waals surface area contributed by atoms with E-state index in [0.29, 0.717) is 17.5 Å². The fourth-order valence-corrected chi connectivity index (χ4v) is 1.48. The normalized spacial score (nSPS) is 10.7. The van der Waals surface area contributed by atoms with Crippen LogP contribution in [0.2, 0.25) is 5.15 Å². The molecule has 0 saturated carbocycles. The lowest BCUT2D eigenvalue weighted by Gasteiger charge is -2.13. The Kier molecular flexibility index (Phi) is 3.99. The maximum Gasteiger partial charge on any atom is 0.231 e. The molecule has 0 aliphatic heterocycles. The number of amides is 1. The second-order valence-corrected chi connectivity index (χ2v) is 3.77. The number of aromatic nitrogens is 2. The van der Waals surface area contributed by atoms with Gasteiger partial charge < -0.3 is 5.73 Å². The number of aryl methyl sites for hydroxylation is 1. The molecule has 82 valence electrons. The summed E-state index contributed by atoms with van der Waals surface area (Å²) in [5.41, 5.74) is 5.86. The summed E-state index contributed by atoms with van der Waals surface area (Å²) >= 11 is 5.78. The maximum atomic E-state index is 10.6. The number of carbonyl (C=O) groups is 1. The van der Waals surface area contributed by atoms with Crippen molar-refractivity contribution in [2.45, 2.75) is 13.5 Å². The van der Waals surface area contributed by atoms with Crippen molar-refractivity contribution in [2.75, 3.05) is 13.6 Å². The van der Waals surface area contributed by atoms with E-state index >= 15 is 0 Å². The summed E-state index contributed by atoms with van der Waals surface area (Å²) in [6, 6.07) is 1.68. The van der Waals surface area contributed by atoms with Gasteiger partial charge in [-0.1, -0.05) is 11.6 Å². The van der Waals surface area contributed by atoms with Crippen molar-refractivity contribution < 1.29 is 4.79 Å². The summed E-state index contributed by atoms with van der Waals surface area (Å²) in [5, 5.41) is 0.407. The Morgan fingerprint density at radius 1 is 1.60 bits per heavy atom. The highest BCUT2D eigenvalue weighted by molar-refractivity contribution is 6.29. The fraction of sp³-hybridized carbons (Fsp3) is 0.444. The summed E-state index contributed by atoms with van der Waals surface area (Å²) in [6.45, 7) is 2.46. The zero-order valence-corrected chi connectivity index (χ0v) is 9.45. The monoisotopic (exact) mass is 228 g/mol. The van der Waals surface area contributed by atoms with Crippen molar-refractivity contribution >= 4 is 17.5 Å². The van der Waals surface area contributed by atoms with E-state index in [1.807, 2.05) is 6.92 Å². The van der Waals surface area contributed by atoms with E-state index in [1.165, 1.54) is 0 Å². The Morgan fingerprint density at radius 2 is 2.27 bits per heavy atom. The van der Waals surface area contributed by atoms with Gasteiger partial charge >= 0.3 is 0 Å². The van der Waals surface area contributed by atoms with Gasteiger partial charge in [-0.15, -0.1) is 0 Å². The third kappa shape index (κ3) is 4.22.